The van der Waals surface area contributed by atoms with Crippen molar-refractivity contribution < 1.29 is 9.53 Å². The molecule has 2 aromatic rings. The summed E-state index contributed by atoms with van der Waals surface area (Å²) < 4.78 is 5.13. The van der Waals surface area contributed by atoms with E-state index in [1.54, 1.807) is 24.2 Å². The summed E-state index contributed by atoms with van der Waals surface area (Å²) in [6.07, 6.45) is 5.15. The Kier molecular flexibility index (Phi) is 5.08. The van der Waals surface area contributed by atoms with E-state index in [0.29, 0.717) is 6.61 Å². The minimum absolute atomic E-state index is 0.198. The highest BCUT2D eigenvalue weighted by Gasteiger charge is 2.28. The van der Waals surface area contributed by atoms with E-state index in [4.69, 9.17) is 4.74 Å². The quantitative estimate of drug-likeness (QED) is 0.706. The number of fused-ring (bicyclic) bond motifs is 2. The summed E-state index contributed by atoms with van der Waals surface area (Å²) in [6.45, 7) is 5.89. The second-order valence-corrected chi connectivity index (χ2v) is 7.25. The molecule has 0 aliphatic carbocycles. The van der Waals surface area contributed by atoms with Crippen LogP contribution in [0, 0.1) is 12.5 Å². The summed E-state index contributed by atoms with van der Waals surface area (Å²) in [7, 11) is 0. The van der Waals surface area contributed by atoms with Gasteiger partial charge in [0.15, 0.2) is 5.82 Å². The Labute approximate surface area is 157 Å². The Bertz CT molecular complexity index is 814. The fourth-order valence-electron chi connectivity index (χ4n) is 3.14. The molecule has 0 amide bonds. The predicted molar refractivity (Wildman–Crippen MR) is 99.7 cm³/mol. The van der Waals surface area contributed by atoms with Crippen LogP contribution in [0.2, 0.25) is 0 Å². The minimum atomic E-state index is -0.198. The van der Waals surface area contributed by atoms with Gasteiger partial charge in [0.25, 0.3) is 0 Å². The first-order chi connectivity index (χ1) is 12.7. The van der Waals surface area contributed by atoms with Crippen molar-refractivity contribution in [1.82, 2.24) is 14.9 Å². The predicted octanol–water partition coefficient (Wildman–Crippen LogP) is 3.58. The fraction of sp³-hybridized carbons (Fsp3) is 0.316. The van der Waals surface area contributed by atoms with E-state index < -0.39 is 0 Å². The lowest BCUT2D eigenvalue weighted by Crippen LogP contribution is -2.33. The highest BCUT2D eigenvalue weighted by molar-refractivity contribution is 7.99. The number of carbonyl (C=O) groups excluding carboxylic acids is 1. The zero-order chi connectivity index (χ0) is 17.9. The van der Waals surface area contributed by atoms with E-state index in [-0.39, 0.29) is 5.97 Å². The van der Waals surface area contributed by atoms with Crippen molar-refractivity contribution in [2.24, 2.45) is 0 Å². The second kappa shape index (κ2) is 7.63. The van der Waals surface area contributed by atoms with Gasteiger partial charge in [-0.15, -0.1) is 0 Å². The maximum atomic E-state index is 12.0. The normalized spacial score (nSPS) is 17.1. The molecule has 0 spiro atoms. The van der Waals surface area contributed by atoms with Crippen molar-refractivity contribution in [3.8, 4) is 0 Å². The maximum absolute atomic E-state index is 12.0. The highest BCUT2D eigenvalue weighted by Crippen LogP contribution is 2.42. The van der Waals surface area contributed by atoms with Crippen LogP contribution >= 0.6 is 11.8 Å². The summed E-state index contributed by atoms with van der Waals surface area (Å²) >= 11 is 1.62. The number of ether oxygens (including phenoxy) is 1. The molecule has 6 nitrogen and oxygen atoms in total. The second-order valence-electron chi connectivity index (χ2n) is 6.22. The van der Waals surface area contributed by atoms with Gasteiger partial charge in [0, 0.05) is 30.4 Å². The van der Waals surface area contributed by atoms with Crippen LogP contribution < -0.4 is 5.32 Å². The first-order valence-electron chi connectivity index (χ1n) is 8.73. The van der Waals surface area contributed by atoms with Crippen molar-refractivity contribution in [3.05, 3.63) is 48.6 Å². The van der Waals surface area contributed by atoms with Crippen LogP contribution in [0.4, 0.5) is 11.5 Å². The van der Waals surface area contributed by atoms with Gasteiger partial charge in [-0.1, -0.05) is 17.8 Å². The van der Waals surface area contributed by atoms with E-state index >= 15 is 0 Å². The summed E-state index contributed by atoms with van der Waals surface area (Å²) in [4.78, 5) is 24.0. The van der Waals surface area contributed by atoms with E-state index in [9.17, 15) is 4.79 Å². The van der Waals surface area contributed by atoms with Crippen molar-refractivity contribution in [1.29, 1.82) is 0 Å². The van der Waals surface area contributed by atoms with Gasteiger partial charge in [0.05, 0.1) is 12.3 Å². The number of rotatable bonds is 4. The third-order valence-corrected chi connectivity index (χ3v) is 5.39. The number of nitrogens with one attached hydrogen (secondary N) is 1. The third-order valence-electron chi connectivity index (χ3n) is 4.32. The summed E-state index contributed by atoms with van der Waals surface area (Å²) in [5.41, 5.74) is 2.23. The van der Waals surface area contributed by atoms with E-state index in [0.717, 1.165) is 53.3 Å². The number of carbonyl (C=O) groups is 1. The van der Waals surface area contributed by atoms with E-state index in [1.807, 2.05) is 13.5 Å². The molecule has 1 fully saturated rings. The molecule has 2 aliphatic heterocycles. The maximum Gasteiger partial charge on any atom is 0.314 e. The van der Waals surface area contributed by atoms with Gasteiger partial charge in [-0.05, 0) is 44.0 Å². The molecule has 1 saturated heterocycles. The number of piperidine rings is 1. The number of hydrogen-bond donors (Lipinski definition) is 1. The third kappa shape index (κ3) is 3.68. The Morgan fingerprint density at radius 2 is 2.23 bits per heavy atom. The monoisotopic (exact) mass is 368 g/mol. The number of esters is 1. The molecule has 0 atom stereocenters. The Morgan fingerprint density at radius 1 is 1.35 bits per heavy atom. The van der Waals surface area contributed by atoms with E-state index in [2.05, 4.69) is 38.4 Å². The minimum Gasteiger partial charge on any atom is -0.465 e. The molecule has 2 aliphatic rings. The molecule has 1 aromatic carbocycles. The SMILES string of the molecule is CCOC(=O)[C]1[CH]N(Cc2ccc3c(c2)Nc2nccnc2S3)CCC1. The van der Waals surface area contributed by atoms with Crippen molar-refractivity contribution in [2.75, 3.05) is 18.5 Å². The van der Waals surface area contributed by atoms with E-state index in [1.165, 1.54) is 5.56 Å². The molecule has 3 heterocycles. The van der Waals surface area contributed by atoms with Gasteiger partial charge < -0.3 is 10.1 Å². The number of benzene rings is 1. The number of nitrogens with zero attached hydrogens (tertiary/aromatic N) is 3. The molecule has 1 aromatic heterocycles. The lowest BCUT2D eigenvalue weighted by molar-refractivity contribution is -0.141. The lowest BCUT2D eigenvalue weighted by Gasteiger charge is -2.30. The van der Waals surface area contributed by atoms with Crippen LogP contribution in [0.1, 0.15) is 25.3 Å². The van der Waals surface area contributed by atoms with Crippen LogP contribution in [-0.2, 0) is 16.1 Å². The van der Waals surface area contributed by atoms with Gasteiger partial charge in [-0.3, -0.25) is 9.69 Å². The number of likely N-dealkylation sites (tertiary alicyclic amines) is 1. The fourth-order valence-corrected chi connectivity index (χ4v) is 4.02. The molecular weight excluding hydrogens is 348 g/mol. The van der Waals surface area contributed by atoms with Crippen molar-refractivity contribution in [2.45, 2.75) is 36.2 Å². The van der Waals surface area contributed by atoms with Crippen LogP contribution in [-0.4, -0.2) is 34.0 Å². The molecule has 0 bridgehead atoms. The Hall–Kier alpha value is -2.12. The molecule has 4 rings (SSSR count). The average Bonchev–Trinajstić information content (AvgIpc) is 2.67. The van der Waals surface area contributed by atoms with Gasteiger partial charge in [0.2, 0.25) is 0 Å². The standard InChI is InChI=1S/C19H20N4O2S/c1-2-25-19(24)14-4-3-9-23(12-14)11-13-5-6-16-15(10-13)22-17-18(26-16)21-8-7-20-17/h5-8,10,12H,2-4,9,11H2,1H3,(H,20,22). The number of hydrogen-bond acceptors (Lipinski definition) is 7. The van der Waals surface area contributed by atoms with Crippen LogP contribution in [0.15, 0.2) is 40.5 Å². The molecule has 26 heavy (non-hydrogen) atoms. The average molecular weight is 368 g/mol. The summed E-state index contributed by atoms with van der Waals surface area (Å²) in [6, 6.07) is 6.38. The molecule has 2 radical (unpaired) electrons. The van der Waals surface area contributed by atoms with Gasteiger partial charge >= 0.3 is 5.97 Å². The Balaban J connectivity index is 1.44. The number of aromatic nitrogens is 2. The largest absolute Gasteiger partial charge is 0.465 e. The van der Waals surface area contributed by atoms with Crippen LogP contribution in [0.3, 0.4) is 0 Å². The van der Waals surface area contributed by atoms with Crippen molar-refractivity contribution in [3.63, 3.8) is 0 Å². The zero-order valence-corrected chi connectivity index (χ0v) is 15.4. The summed E-state index contributed by atoms with van der Waals surface area (Å²) in [5.74, 6) is 1.36. The lowest BCUT2D eigenvalue weighted by atomic mass is 9.97. The van der Waals surface area contributed by atoms with Crippen molar-refractivity contribution >= 4 is 29.2 Å². The van der Waals surface area contributed by atoms with Gasteiger partial charge in [-0.2, -0.15) is 0 Å². The highest BCUT2D eigenvalue weighted by atomic mass is 32.2. The zero-order valence-electron chi connectivity index (χ0n) is 14.6. The van der Waals surface area contributed by atoms with Crippen LogP contribution in [0.5, 0.6) is 0 Å². The van der Waals surface area contributed by atoms with Gasteiger partial charge in [-0.25, -0.2) is 9.97 Å². The topological polar surface area (TPSA) is 67.3 Å². The molecule has 1 N–H and O–H groups in total. The summed E-state index contributed by atoms with van der Waals surface area (Å²) in [5, 5.41) is 4.25. The first-order valence-corrected chi connectivity index (χ1v) is 9.55. The molecule has 0 saturated carbocycles. The molecule has 0 unspecified atom stereocenters. The molecule has 134 valence electrons. The number of anilines is 2. The molecule has 7 heteroatoms. The molecular formula is C19H20N4O2S. The smallest absolute Gasteiger partial charge is 0.314 e. The van der Waals surface area contributed by atoms with Gasteiger partial charge in [0.1, 0.15) is 10.9 Å². The Morgan fingerprint density at radius 3 is 3.12 bits per heavy atom. The first kappa shape index (κ1) is 17.3. The van der Waals surface area contributed by atoms with Crippen LogP contribution in [0.25, 0.3) is 0 Å².